The van der Waals surface area contributed by atoms with E-state index < -0.39 is 11.8 Å². The molecule has 0 aliphatic heterocycles. The number of halogens is 1. The number of carbonyl (C=O) groups excluding carboxylic acids is 1. The van der Waals surface area contributed by atoms with Gasteiger partial charge in [-0.15, -0.1) is 0 Å². The van der Waals surface area contributed by atoms with E-state index in [1.54, 1.807) is 36.4 Å². The van der Waals surface area contributed by atoms with Crippen LogP contribution in [0.1, 0.15) is 5.56 Å². The van der Waals surface area contributed by atoms with Crippen LogP contribution in [0.4, 0.5) is 14.9 Å². The number of aromatic amines is 1. The van der Waals surface area contributed by atoms with Crippen LogP contribution >= 0.6 is 0 Å². The molecule has 3 aromatic rings. The van der Waals surface area contributed by atoms with Gasteiger partial charge in [0, 0.05) is 18.3 Å². The zero-order valence-electron chi connectivity index (χ0n) is 13.4. The monoisotopic (exact) mass is 341 g/mol. The molecule has 0 saturated carbocycles. The van der Waals surface area contributed by atoms with E-state index in [1.165, 1.54) is 19.4 Å². The summed E-state index contributed by atoms with van der Waals surface area (Å²) < 4.78 is 18.7. The standard InChI is InChI=1S/C18H16FN3O3/c1-25-15-8-4-6-12-16(15)20-10-14(17(12)23)22-18(24)21-9-11-5-2-3-7-13(11)19/h2-8,10H,9H2,1H3,(H,20,23)(H2,21,22,24). The number of para-hydroxylation sites is 1. The molecule has 0 aliphatic carbocycles. The molecule has 0 aliphatic rings. The molecule has 7 heteroatoms. The number of pyridine rings is 1. The number of ether oxygens (including phenoxy) is 1. The van der Waals surface area contributed by atoms with Crippen LogP contribution in [0, 0.1) is 5.82 Å². The molecule has 2 aromatic carbocycles. The molecule has 1 aromatic heterocycles. The third-order valence-electron chi connectivity index (χ3n) is 3.74. The molecule has 0 fully saturated rings. The molecule has 25 heavy (non-hydrogen) atoms. The van der Waals surface area contributed by atoms with E-state index in [9.17, 15) is 14.0 Å². The maximum Gasteiger partial charge on any atom is 0.319 e. The van der Waals surface area contributed by atoms with E-state index in [2.05, 4.69) is 15.6 Å². The van der Waals surface area contributed by atoms with Gasteiger partial charge >= 0.3 is 6.03 Å². The summed E-state index contributed by atoms with van der Waals surface area (Å²) in [5.74, 6) is 0.128. The summed E-state index contributed by atoms with van der Waals surface area (Å²) in [5, 5.41) is 5.39. The van der Waals surface area contributed by atoms with Crippen molar-refractivity contribution in [2.24, 2.45) is 0 Å². The Kier molecular flexibility index (Phi) is 4.65. The lowest BCUT2D eigenvalue weighted by molar-refractivity contribution is 0.251. The largest absolute Gasteiger partial charge is 0.495 e. The molecule has 0 unspecified atom stereocenters. The van der Waals surface area contributed by atoms with E-state index >= 15 is 0 Å². The third-order valence-corrected chi connectivity index (χ3v) is 3.74. The molecule has 0 radical (unpaired) electrons. The van der Waals surface area contributed by atoms with Gasteiger partial charge in [-0.2, -0.15) is 0 Å². The number of fused-ring (bicyclic) bond motifs is 1. The summed E-state index contributed by atoms with van der Waals surface area (Å²) >= 11 is 0. The van der Waals surface area contributed by atoms with Crippen molar-refractivity contribution in [3.63, 3.8) is 0 Å². The van der Waals surface area contributed by atoms with Crippen LogP contribution in [0.5, 0.6) is 5.75 Å². The fourth-order valence-electron chi connectivity index (χ4n) is 2.47. The first-order valence-electron chi connectivity index (χ1n) is 7.57. The normalized spacial score (nSPS) is 10.5. The lowest BCUT2D eigenvalue weighted by Crippen LogP contribution is -2.30. The minimum Gasteiger partial charge on any atom is -0.495 e. The highest BCUT2D eigenvalue weighted by Gasteiger charge is 2.11. The van der Waals surface area contributed by atoms with Gasteiger partial charge in [0.05, 0.1) is 18.0 Å². The van der Waals surface area contributed by atoms with Gasteiger partial charge in [-0.05, 0) is 18.2 Å². The number of rotatable bonds is 4. The molecular weight excluding hydrogens is 325 g/mol. The van der Waals surface area contributed by atoms with Crippen molar-refractivity contribution < 1.29 is 13.9 Å². The fraction of sp³-hybridized carbons (Fsp3) is 0.111. The van der Waals surface area contributed by atoms with Crippen LogP contribution < -0.4 is 20.8 Å². The van der Waals surface area contributed by atoms with E-state index in [4.69, 9.17) is 4.74 Å². The van der Waals surface area contributed by atoms with Crippen LogP contribution in [0.2, 0.25) is 0 Å². The Morgan fingerprint density at radius 1 is 1.20 bits per heavy atom. The Labute approximate surface area is 142 Å². The van der Waals surface area contributed by atoms with E-state index in [0.29, 0.717) is 22.2 Å². The van der Waals surface area contributed by atoms with Crippen LogP contribution in [0.15, 0.2) is 53.5 Å². The number of aromatic nitrogens is 1. The molecule has 3 N–H and O–H groups in total. The molecule has 0 saturated heterocycles. The van der Waals surface area contributed by atoms with Gasteiger partial charge in [-0.25, -0.2) is 9.18 Å². The van der Waals surface area contributed by atoms with Crippen LogP contribution in [0.3, 0.4) is 0 Å². The van der Waals surface area contributed by atoms with Crippen molar-refractivity contribution in [1.29, 1.82) is 0 Å². The molecule has 3 rings (SSSR count). The highest BCUT2D eigenvalue weighted by Crippen LogP contribution is 2.21. The summed E-state index contributed by atoms with van der Waals surface area (Å²) in [6.45, 7) is 0.0117. The fourth-order valence-corrected chi connectivity index (χ4v) is 2.47. The second kappa shape index (κ2) is 7.04. The van der Waals surface area contributed by atoms with Gasteiger partial charge < -0.3 is 20.4 Å². The van der Waals surface area contributed by atoms with Crippen molar-refractivity contribution in [2.45, 2.75) is 6.54 Å². The Hall–Kier alpha value is -3.35. The van der Waals surface area contributed by atoms with Gasteiger partial charge in [0.1, 0.15) is 17.3 Å². The predicted octanol–water partition coefficient (Wildman–Crippen LogP) is 3.00. The predicted molar refractivity (Wildman–Crippen MR) is 93.4 cm³/mol. The van der Waals surface area contributed by atoms with Gasteiger partial charge in [0.25, 0.3) is 0 Å². The number of anilines is 1. The SMILES string of the molecule is COc1cccc2c(=O)c(NC(=O)NCc3ccccc3F)c[nH]c12. The Morgan fingerprint density at radius 2 is 2.00 bits per heavy atom. The molecule has 2 amide bonds. The number of H-pyrrole nitrogens is 1. The summed E-state index contributed by atoms with van der Waals surface area (Å²) in [5.41, 5.74) is 0.655. The number of methoxy groups -OCH3 is 1. The molecule has 0 bridgehead atoms. The second-order valence-corrected chi connectivity index (χ2v) is 5.31. The van der Waals surface area contributed by atoms with Gasteiger partial charge in [-0.1, -0.05) is 24.3 Å². The topological polar surface area (TPSA) is 83.2 Å². The number of carbonyl (C=O) groups is 1. The summed E-state index contributed by atoms with van der Waals surface area (Å²) in [7, 11) is 1.51. The van der Waals surface area contributed by atoms with Crippen molar-refractivity contribution >= 4 is 22.6 Å². The van der Waals surface area contributed by atoms with E-state index in [-0.39, 0.29) is 17.7 Å². The Morgan fingerprint density at radius 3 is 2.76 bits per heavy atom. The smallest absolute Gasteiger partial charge is 0.319 e. The van der Waals surface area contributed by atoms with Crippen LogP contribution in [-0.4, -0.2) is 18.1 Å². The number of nitrogens with one attached hydrogen (secondary N) is 3. The van der Waals surface area contributed by atoms with Gasteiger partial charge in [0.2, 0.25) is 5.43 Å². The zero-order valence-corrected chi connectivity index (χ0v) is 13.4. The highest BCUT2D eigenvalue weighted by atomic mass is 19.1. The molecule has 0 atom stereocenters. The minimum atomic E-state index is -0.601. The third kappa shape index (κ3) is 3.45. The first-order chi connectivity index (χ1) is 12.1. The first kappa shape index (κ1) is 16.5. The van der Waals surface area contributed by atoms with Crippen molar-refractivity contribution in [1.82, 2.24) is 10.3 Å². The van der Waals surface area contributed by atoms with Gasteiger partial charge in [0.15, 0.2) is 0 Å². The number of urea groups is 1. The minimum absolute atomic E-state index is 0.0117. The van der Waals surface area contributed by atoms with E-state index in [0.717, 1.165) is 0 Å². The summed E-state index contributed by atoms with van der Waals surface area (Å²) in [6.07, 6.45) is 1.40. The number of hydrogen-bond donors (Lipinski definition) is 3. The van der Waals surface area contributed by atoms with Crippen molar-refractivity contribution in [3.8, 4) is 5.75 Å². The second-order valence-electron chi connectivity index (χ2n) is 5.31. The maximum absolute atomic E-state index is 13.5. The zero-order chi connectivity index (χ0) is 17.8. The number of hydrogen-bond acceptors (Lipinski definition) is 3. The average Bonchev–Trinajstić information content (AvgIpc) is 2.63. The van der Waals surface area contributed by atoms with E-state index in [1.807, 2.05) is 0 Å². The highest BCUT2D eigenvalue weighted by molar-refractivity contribution is 5.93. The molecular formula is C18H16FN3O3. The molecule has 6 nitrogen and oxygen atoms in total. The van der Waals surface area contributed by atoms with Crippen LogP contribution in [0.25, 0.3) is 10.9 Å². The average molecular weight is 341 g/mol. The Balaban J connectivity index is 1.76. The van der Waals surface area contributed by atoms with Crippen molar-refractivity contribution in [2.75, 3.05) is 12.4 Å². The number of amides is 2. The van der Waals surface area contributed by atoms with Crippen LogP contribution in [-0.2, 0) is 6.54 Å². The lowest BCUT2D eigenvalue weighted by atomic mass is 10.2. The molecule has 128 valence electrons. The first-order valence-corrected chi connectivity index (χ1v) is 7.57. The van der Waals surface area contributed by atoms with Crippen molar-refractivity contribution in [3.05, 3.63) is 70.3 Å². The lowest BCUT2D eigenvalue weighted by Gasteiger charge is -2.10. The quantitative estimate of drug-likeness (QED) is 0.682. The Bertz CT molecular complexity index is 985. The van der Waals surface area contributed by atoms with Gasteiger partial charge in [-0.3, -0.25) is 4.79 Å². The number of benzene rings is 2. The summed E-state index contributed by atoms with van der Waals surface area (Å²) in [6, 6.07) is 10.6. The maximum atomic E-state index is 13.5. The molecule has 0 spiro atoms. The molecule has 1 heterocycles. The summed E-state index contributed by atoms with van der Waals surface area (Å²) in [4.78, 5) is 27.4.